The molecule has 0 unspecified atom stereocenters. The Labute approximate surface area is 60.8 Å². The third-order valence-electron chi connectivity index (χ3n) is 0.135. The molecule has 0 amide bonds. The summed E-state index contributed by atoms with van der Waals surface area (Å²) in [6.45, 7) is 5.22. The van der Waals surface area contributed by atoms with Crippen LogP contribution in [0.3, 0.4) is 0 Å². The predicted octanol–water partition coefficient (Wildman–Crippen LogP) is -0.137. The van der Waals surface area contributed by atoms with Crippen molar-refractivity contribution in [3.8, 4) is 0 Å². The third-order valence-corrected chi connectivity index (χ3v) is 0.135. The summed E-state index contributed by atoms with van der Waals surface area (Å²) in [5.74, 6) is -1.19. The zero-order valence-corrected chi connectivity index (χ0v) is 7.60. The maximum absolute atomic E-state index is 9.12. The van der Waals surface area contributed by atoms with Gasteiger partial charge in [-0.15, -0.1) is 13.2 Å². The fourth-order valence-electron chi connectivity index (χ4n) is 0. The minimum Gasteiger partial charge on any atom is -0.480 e. The van der Waals surface area contributed by atoms with Gasteiger partial charge >= 0.3 is 5.97 Å². The fraction of sp³-hybridized carbons (Fsp3) is 0.250. The van der Waals surface area contributed by atoms with Crippen LogP contribution in [0.1, 0.15) is 0 Å². The molecule has 0 heterocycles. The number of carboxylic acids is 1. The first-order valence-electron chi connectivity index (χ1n) is 1.60. The van der Waals surface area contributed by atoms with E-state index >= 15 is 0 Å². The molecule has 0 aliphatic rings. The second kappa shape index (κ2) is 15.8. The van der Waals surface area contributed by atoms with Gasteiger partial charge in [0.15, 0.2) is 0 Å². The molecule has 0 fully saturated rings. The molecule has 3 nitrogen and oxygen atoms in total. The Morgan fingerprint density at radius 1 is 1.50 bits per heavy atom. The number of carbonyl (C=O) groups is 1. The van der Waals surface area contributed by atoms with Gasteiger partial charge < -0.3 is 10.2 Å². The smallest absolute Gasteiger partial charge is 0.329 e. The Kier molecular flexibility index (Phi) is 31.0. The van der Waals surface area contributed by atoms with E-state index in [4.69, 9.17) is 15.0 Å². The summed E-state index contributed by atoms with van der Waals surface area (Å²) in [6.07, 6.45) is 0. The van der Waals surface area contributed by atoms with Crippen molar-refractivity contribution in [2.45, 2.75) is 0 Å². The van der Waals surface area contributed by atoms with E-state index < -0.39 is 12.6 Å². The maximum atomic E-state index is 9.12. The molecule has 0 aromatic heterocycles. The molecule has 44 valence electrons. The molecular weight excluding hydrogens is 161 g/mol. The van der Waals surface area contributed by atoms with Crippen molar-refractivity contribution < 1.29 is 34.5 Å². The second-order valence-electron chi connectivity index (χ2n) is 0.552. The van der Waals surface area contributed by atoms with Crippen molar-refractivity contribution in [1.82, 2.24) is 0 Å². The van der Waals surface area contributed by atoms with E-state index in [-0.39, 0.29) is 19.5 Å². The Morgan fingerprint density at radius 2 is 1.62 bits per heavy atom. The van der Waals surface area contributed by atoms with Gasteiger partial charge in [0, 0.05) is 19.5 Å². The van der Waals surface area contributed by atoms with E-state index in [1.165, 1.54) is 0 Å². The van der Waals surface area contributed by atoms with Crippen LogP contribution in [0.4, 0.5) is 0 Å². The fourth-order valence-corrected chi connectivity index (χ4v) is 0. The van der Waals surface area contributed by atoms with E-state index in [0.717, 1.165) is 0 Å². The summed E-state index contributed by atoms with van der Waals surface area (Å²) >= 11 is 0. The van der Waals surface area contributed by atoms with Gasteiger partial charge in [-0.05, 0) is 0 Å². The van der Waals surface area contributed by atoms with E-state index in [1.807, 2.05) is 0 Å². The third kappa shape index (κ3) is 41.4. The summed E-state index contributed by atoms with van der Waals surface area (Å²) < 4.78 is 0. The van der Waals surface area contributed by atoms with Crippen LogP contribution in [0, 0.1) is 0 Å². The Hall–Kier alpha value is -0.207. The average Bonchev–Trinajstić information content (AvgIpc) is 1.73. The van der Waals surface area contributed by atoms with Gasteiger partial charge in [-0.1, -0.05) is 0 Å². The molecule has 0 bridgehead atoms. The number of hydrogen-bond donors (Lipinski definition) is 2. The first-order chi connectivity index (χ1) is 3.27. The molecular formula is C4H8O3Zn. The molecule has 4 heteroatoms. The van der Waals surface area contributed by atoms with Gasteiger partial charge in [-0.2, -0.15) is 0 Å². The first-order valence-corrected chi connectivity index (χ1v) is 1.60. The first kappa shape index (κ1) is 15.7. The monoisotopic (exact) mass is 168 g/mol. The minimum atomic E-state index is -1.19. The van der Waals surface area contributed by atoms with Crippen LogP contribution >= 0.6 is 0 Å². The molecule has 0 rings (SSSR count). The molecule has 0 radical (unpaired) electrons. The van der Waals surface area contributed by atoms with Crippen molar-refractivity contribution in [3.05, 3.63) is 13.2 Å². The molecule has 0 saturated carbocycles. The van der Waals surface area contributed by atoms with Gasteiger partial charge in [0.1, 0.15) is 6.61 Å². The molecule has 8 heavy (non-hydrogen) atoms. The standard InChI is InChI=1S/C2H4O3.C2H4.Zn/c3-1-2(4)5;1-2;/h3H,1H2,(H,4,5);1-2H2;. The number of aliphatic hydroxyl groups is 1. The van der Waals surface area contributed by atoms with Crippen molar-refractivity contribution in [3.63, 3.8) is 0 Å². The van der Waals surface area contributed by atoms with E-state index in [1.54, 1.807) is 0 Å². The Morgan fingerprint density at radius 3 is 1.62 bits per heavy atom. The van der Waals surface area contributed by atoms with E-state index in [0.29, 0.717) is 0 Å². The molecule has 0 aromatic carbocycles. The summed E-state index contributed by atoms with van der Waals surface area (Å²) in [5.41, 5.74) is 0. The van der Waals surface area contributed by atoms with Gasteiger partial charge in [-0.3, -0.25) is 0 Å². The van der Waals surface area contributed by atoms with Crippen LogP contribution in [0.2, 0.25) is 0 Å². The van der Waals surface area contributed by atoms with Crippen molar-refractivity contribution >= 4 is 5.97 Å². The minimum absolute atomic E-state index is 0. The van der Waals surface area contributed by atoms with E-state index in [9.17, 15) is 0 Å². The topological polar surface area (TPSA) is 57.5 Å². The van der Waals surface area contributed by atoms with Crippen LogP contribution < -0.4 is 0 Å². The molecule has 2 N–H and O–H groups in total. The van der Waals surface area contributed by atoms with Gasteiger partial charge in [0.05, 0.1) is 0 Å². The van der Waals surface area contributed by atoms with Gasteiger partial charge in [0.25, 0.3) is 0 Å². The molecule has 0 saturated heterocycles. The van der Waals surface area contributed by atoms with Crippen LogP contribution in [0.25, 0.3) is 0 Å². The molecule has 0 aromatic rings. The molecule has 0 atom stereocenters. The van der Waals surface area contributed by atoms with E-state index in [2.05, 4.69) is 13.2 Å². The molecule has 0 spiro atoms. The second-order valence-corrected chi connectivity index (χ2v) is 0.552. The predicted molar refractivity (Wildman–Crippen MR) is 26.0 cm³/mol. The molecule has 0 aliphatic heterocycles. The quantitative estimate of drug-likeness (QED) is 0.424. The number of aliphatic hydroxyl groups excluding tert-OH is 1. The summed E-state index contributed by atoms with van der Waals surface area (Å²) in [7, 11) is 0. The Balaban J connectivity index is -0.0000000750. The Bertz CT molecular complexity index is 55.2. The number of aliphatic carboxylic acids is 1. The average molecular weight is 169 g/mol. The van der Waals surface area contributed by atoms with Crippen LogP contribution in [-0.4, -0.2) is 22.8 Å². The summed E-state index contributed by atoms with van der Waals surface area (Å²) in [6, 6.07) is 0. The van der Waals surface area contributed by atoms with Crippen molar-refractivity contribution in [1.29, 1.82) is 0 Å². The van der Waals surface area contributed by atoms with Gasteiger partial charge in [0.2, 0.25) is 0 Å². The normalized spacial score (nSPS) is 5.12. The molecule has 0 aliphatic carbocycles. The van der Waals surface area contributed by atoms with Crippen LogP contribution in [0.5, 0.6) is 0 Å². The SMILES string of the molecule is C=C.O=C(O)CO.[Zn]. The van der Waals surface area contributed by atoms with Crippen LogP contribution in [-0.2, 0) is 24.3 Å². The maximum Gasteiger partial charge on any atom is 0.329 e. The van der Waals surface area contributed by atoms with Crippen molar-refractivity contribution in [2.24, 2.45) is 0 Å². The largest absolute Gasteiger partial charge is 0.480 e. The summed E-state index contributed by atoms with van der Waals surface area (Å²) in [5, 5.41) is 15.0. The zero-order valence-electron chi connectivity index (χ0n) is 4.63. The number of hydrogen-bond acceptors (Lipinski definition) is 2. The number of rotatable bonds is 1. The zero-order chi connectivity index (χ0) is 6.28. The number of carboxylic acid groups (broad SMARTS) is 1. The van der Waals surface area contributed by atoms with Crippen LogP contribution in [0.15, 0.2) is 13.2 Å². The van der Waals surface area contributed by atoms with Crippen molar-refractivity contribution in [2.75, 3.05) is 6.61 Å². The van der Waals surface area contributed by atoms with Gasteiger partial charge in [-0.25, -0.2) is 4.79 Å². The summed E-state index contributed by atoms with van der Waals surface area (Å²) in [4.78, 5) is 9.12.